The van der Waals surface area contributed by atoms with Crippen LogP contribution in [0.15, 0.2) is 63.8 Å². The predicted molar refractivity (Wildman–Crippen MR) is 155 cm³/mol. The average molecular weight is 542 g/mol. The summed E-state index contributed by atoms with van der Waals surface area (Å²) in [6, 6.07) is 16.6. The van der Waals surface area contributed by atoms with Crippen LogP contribution in [0.3, 0.4) is 0 Å². The highest BCUT2D eigenvalue weighted by Crippen LogP contribution is 2.41. The van der Waals surface area contributed by atoms with Gasteiger partial charge in [0.05, 0.1) is 37.3 Å². The molecule has 208 valence electrons. The van der Waals surface area contributed by atoms with Gasteiger partial charge in [0.2, 0.25) is 5.76 Å². The molecule has 0 saturated heterocycles. The van der Waals surface area contributed by atoms with E-state index in [1.54, 1.807) is 12.0 Å². The van der Waals surface area contributed by atoms with Crippen LogP contribution in [0, 0.1) is 13.8 Å². The van der Waals surface area contributed by atoms with Crippen molar-refractivity contribution in [3.63, 3.8) is 0 Å². The van der Waals surface area contributed by atoms with Gasteiger partial charge in [-0.05, 0) is 86.2 Å². The molecule has 1 amide bonds. The molecular weight excluding hydrogens is 506 g/mol. The van der Waals surface area contributed by atoms with E-state index in [0.29, 0.717) is 54.2 Å². The molecule has 3 aromatic carbocycles. The predicted octanol–water partition coefficient (Wildman–Crippen LogP) is 6.39. The summed E-state index contributed by atoms with van der Waals surface area (Å²) in [5, 5.41) is 0.485. The smallest absolute Gasteiger partial charge is 0.290 e. The van der Waals surface area contributed by atoms with Crippen LogP contribution in [0.25, 0.3) is 11.0 Å². The molecular formula is C33H35NO6. The van der Waals surface area contributed by atoms with Crippen LogP contribution in [0.1, 0.15) is 64.7 Å². The Balaban J connectivity index is 1.63. The highest BCUT2D eigenvalue weighted by atomic mass is 16.5. The Labute approximate surface area is 234 Å². The Hall–Kier alpha value is -4.26. The molecule has 2 heterocycles. The third kappa shape index (κ3) is 5.04. The number of aryl methyl sites for hydroxylation is 2. The fourth-order valence-corrected chi connectivity index (χ4v) is 5.39. The van der Waals surface area contributed by atoms with Gasteiger partial charge < -0.3 is 23.5 Å². The number of carbonyl (C=O) groups excluding carboxylic acids is 1. The van der Waals surface area contributed by atoms with Crippen molar-refractivity contribution in [3.8, 4) is 17.2 Å². The van der Waals surface area contributed by atoms with Crippen molar-refractivity contribution >= 4 is 16.9 Å². The van der Waals surface area contributed by atoms with E-state index in [-0.39, 0.29) is 17.1 Å². The minimum atomic E-state index is -0.623. The standard InChI is InChI=1S/C33H35NO6/c1-6-16-39-26-13-10-23(19-27(26)38-7-2)29-28-30(35)25-18-20(3)17-21(4)31(25)40-32(28)33(36)34(29)15-14-22-8-11-24(37-5)12-9-22/h8-13,17-19,29H,6-7,14-16H2,1-5H3. The fraction of sp³-hybridized carbons (Fsp3) is 0.333. The van der Waals surface area contributed by atoms with Crippen LogP contribution >= 0.6 is 0 Å². The summed E-state index contributed by atoms with van der Waals surface area (Å²) in [5.41, 5.74) is 4.25. The number of amides is 1. The van der Waals surface area contributed by atoms with E-state index in [1.165, 1.54) is 0 Å². The Morgan fingerprint density at radius 3 is 2.40 bits per heavy atom. The number of benzene rings is 3. The van der Waals surface area contributed by atoms with E-state index in [1.807, 2.05) is 82.3 Å². The van der Waals surface area contributed by atoms with Gasteiger partial charge in [0, 0.05) is 6.54 Å². The number of rotatable bonds is 10. The second-order valence-corrected chi connectivity index (χ2v) is 10.1. The molecule has 0 N–H and O–H groups in total. The summed E-state index contributed by atoms with van der Waals surface area (Å²) >= 11 is 0. The van der Waals surface area contributed by atoms with E-state index < -0.39 is 6.04 Å². The molecule has 5 rings (SSSR count). The molecule has 1 aromatic heterocycles. The first-order valence-corrected chi connectivity index (χ1v) is 13.8. The Morgan fingerprint density at radius 2 is 1.70 bits per heavy atom. The first kappa shape index (κ1) is 27.3. The monoisotopic (exact) mass is 541 g/mol. The SMILES string of the molecule is CCCOc1ccc(C2c3c(oc4c(C)cc(C)cc4c3=O)C(=O)N2CCc2ccc(OC)cc2)cc1OCC. The lowest BCUT2D eigenvalue weighted by atomic mass is 9.96. The van der Waals surface area contributed by atoms with Crippen molar-refractivity contribution in [1.82, 2.24) is 4.90 Å². The Morgan fingerprint density at radius 1 is 0.925 bits per heavy atom. The molecule has 1 aliphatic rings. The van der Waals surface area contributed by atoms with Crippen LogP contribution in [0.5, 0.6) is 17.2 Å². The van der Waals surface area contributed by atoms with Gasteiger partial charge in [-0.3, -0.25) is 9.59 Å². The molecule has 1 atom stereocenters. The molecule has 7 nitrogen and oxygen atoms in total. The molecule has 0 bridgehead atoms. The summed E-state index contributed by atoms with van der Waals surface area (Å²) in [5.74, 6) is 1.80. The van der Waals surface area contributed by atoms with Crippen molar-refractivity contribution in [2.45, 2.75) is 46.6 Å². The molecule has 0 saturated carbocycles. The van der Waals surface area contributed by atoms with Crippen LogP contribution in [-0.2, 0) is 6.42 Å². The molecule has 0 aliphatic carbocycles. The zero-order valence-corrected chi connectivity index (χ0v) is 23.7. The molecule has 0 radical (unpaired) electrons. The molecule has 0 spiro atoms. The molecule has 7 heteroatoms. The maximum atomic E-state index is 14.1. The summed E-state index contributed by atoms with van der Waals surface area (Å²) in [4.78, 5) is 29.7. The van der Waals surface area contributed by atoms with Crippen molar-refractivity contribution in [3.05, 3.63) is 98.4 Å². The van der Waals surface area contributed by atoms with Gasteiger partial charge in [-0.1, -0.05) is 31.2 Å². The van der Waals surface area contributed by atoms with Crippen molar-refractivity contribution in [2.24, 2.45) is 0 Å². The van der Waals surface area contributed by atoms with Gasteiger partial charge in [-0.15, -0.1) is 0 Å². The molecule has 1 unspecified atom stereocenters. The second-order valence-electron chi connectivity index (χ2n) is 10.1. The zero-order valence-electron chi connectivity index (χ0n) is 23.7. The molecule has 1 aliphatic heterocycles. The van der Waals surface area contributed by atoms with E-state index >= 15 is 0 Å². The van der Waals surface area contributed by atoms with Gasteiger partial charge in [-0.2, -0.15) is 0 Å². The maximum Gasteiger partial charge on any atom is 0.290 e. The number of fused-ring (bicyclic) bond motifs is 2. The van der Waals surface area contributed by atoms with E-state index in [0.717, 1.165) is 34.4 Å². The van der Waals surface area contributed by atoms with Gasteiger partial charge in [0.1, 0.15) is 11.3 Å². The first-order chi connectivity index (χ1) is 19.4. The lowest BCUT2D eigenvalue weighted by molar-refractivity contribution is 0.0729. The lowest BCUT2D eigenvalue weighted by Gasteiger charge is -2.26. The van der Waals surface area contributed by atoms with Gasteiger partial charge in [0.15, 0.2) is 16.9 Å². The van der Waals surface area contributed by atoms with E-state index in [9.17, 15) is 9.59 Å². The summed E-state index contributed by atoms with van der Waals surface area (Å²) < 4.78 is 23.4. The van der Waals surface area contributed by atoms with Crippen molar-refractivity contribution < 1.29 is 23.4 Å². The summed E-state index contributed by atoms with van der Waals surface area (Å²) in [7, 11) is 1.63. The second kappa shape index (κ2) is 11.5. The largest absolute Gasteiger partial charge is 0.497 e. The normalized spacial score (nSPS) is 14.5. The van der Waals surface area contributed by atoms with Crippen molar-refractivity contribution in [2.75, 3.05) is 26.9 Å². The average Bonchev–Trinajstić information content (AvgIpc) is 3.23. The van der Waals surface area contributed by atoms with Gasteiger partial charge in [0.25, 0.3) is 5.91 Å². The van der Waals surface area contributed by atoms with E-state index in [4.69, 9.17) is 18.6 Å². The summed E-state index contributed by atoms with van der Waals surface area (Å²) in [6.07, 6.45) is 1.46. The quantitative estimate of drug-likeness (QED) is 0.231. The third-order valence-electron chi connectivity index (χ3n) is 7.24. The number of carbonyl (C=O) groups is 1. The topological polar surface area (TPSA) is 78.2 Å². The molecule has 40 heavy (non-hydrogen) atoms. The molecule has 0 fully saturated rings. The van der Waals surface area contributed by atoms with Crippen LogP contribution < -0.4 is 19.6 Å². The van der Waals surface area contributed by atoms with Gasteiger partial charge in [-0.25, -0.2) is 0 Å². The first-order valence-electron chi connectivity index (χ1n) is 13.8. The van der Waals surface area contributed by atoms with Crippen LogP contribution in [0.2, 0.25) is 0 Å². The number of ether oxygens (including phenoxy) is 3. The number of hydrogen-bond donors (Lipinski definition) is 0. The third-order valence-corrected chi connectivity index (χ3v) is 7.24. The van der Waals surface area contributed by atoms with Crippen LogP contribution in [-0.4, -0.2) is 37.7 Å². The Bertz CT molecular complexity index is 1600. The maximum absolute atomic E-state index is 14.1. The number of hydrogen-bond acceptors (Lipinski definition) is 6. The minimum Gasteiger partial charge on any atom is -0.497 e. The van der Waals surface area contributed by atoms with Gasteiger partial charge >= 0.3 is 0 Å². The minimum absolute atomic E-state index is 0.105. The lowest BCUT2D eigenvalue weighted by Crippen LogP contribution is -2.31. The highest BCUT2D eigenvalue weighted by molar-refractivity contribution is 5.99. The highest BCUT2D eigenvalue weighted by Gasteiger charge is 2.43. The van der Waals surface area contributed by atoms with E-state index in [2.05, 4.69) is 0 Å². The Kier molecular flexibility index (Phi) is 7.83. The zero-order chi connectivity index (χ0) is 28.4. The molecule has 4 aromatic rings. The number of nitrogens with zero attached hydrogens (tertiary/aromatic N) is 1. The fourth-order valence-electron chi connectivity index (χ4n) is 5.39. The van der Waals surface area contributed by atoms with Crippen LogP contribution in [0.4, 0.5) is 0 Å². The summed E-state index contributed by atoms with van der Waals surface area (Å²) in [6.45, 7) is 9.22. The van der Waals surface area contributed by atoms with Crippen molar-refractivity contribution in [1.29, 1.82) is 0 Å². The number of methoxy groups -OCH3 is 1.